The van der Waals surface area contributed by atoms with Crippen LogP contribution in [0.1, 0.15) is 20.8 Å². The molecule has 1 aromatic rings. The minimum atomic E-state index is -0.272. The smallest absolute Gasteiger partial charge is 0.293 e. The standard InChI is InChI=1S/C12H23N5O/c1-12(2,3)17-9-6-15-10(11(17)18)16(7-4-13)8-5-14/h6,9H,4-5,7-8,13-14H2,1-3H3. The topological polar surface area (TPSA) is 90.2 Å². The third kappa shape index (κ3) is 3.30. The molecule has 18 heavy (non-hydrogen) atoms. The molecule has 0 radical (unpaired) electrons. The number of hydrogen-bond donors (Lipinski definition) is 2. The summed E-state index contributed by atoms with van der Waals surface area (Å²) < 4.78 is 1.68. The molecule has 6 nitrogen and oxygen atoms in total. The van der Waals surface area contributed by atoms with Crippen LogP contribution in [0.15, 0.2) is 17.2 Å². The molecule has 0 saturated heterocycles. The molecule has 0 fully saturated rings. The van der Waals surface area contributed by atoms with Gasteiger partial charge < -0.3 is 20.9 Å². The van der Waals surface area contributed by atoms with Gasteiger partial charge in [0.1, 0.15) is 0 Å². The highest BCUT2D eigenvalue weighted by Crippen LogP contribution is 2.12. The Labute approximate surface area is 108 Å². The normalized spacial score (nSPS) is 11.6. The number of nitrogens with two attached hydrogens (primary N) is 2. The highest BCUT2D eigenvalue weighted by molar-refractivity contribution is 5.36. The van der Waals surface area contributed by atoms with Crippen LogP contribution in [-0.2, 0) is 5.54 Å². The molecular weight excluding hydrogens is 230 g/mol. The molecule has 0 atom stereocenters. The Balaban J connectivity index is 3.20. The maximum Gasteiger partial charge on any atom is 0.293 e. The monoisotopic (exact) mass is 253 g/mol. The average molecular weight is 253 g/mol. The molecule has 0 unspecified atom stereocenters. The number of hydrogen-bond acceptors (Lipinski definition) is 5. The Morgan fingerprint density at radius 1 is 1.28 bits per heavy atom. The van der Waals surface area contributed by atoms with Crippen LogP contribution in [0.25, 0.3) is 0 Å². The van der Waals surface area contributed by atoms with E-state index in [2.05, 4.69) is 4.98 Å². The van der Waals surface area contributed by atoms with Gasteiger partial charge in [0.15, 0.2) is 5.82 Å². The van der Waals surface area contributed by atoms with Gasteiger partial charge in [-0.2, -0.15) is 0 Å². The fourth-order valence-electron chi connectivity index (χ4n) is 1.78. The predicted molar refractivity (Wildman–Crippen MR) is 73.8 cm³/mol. The first-order chi connectivity index (χ1) is 8.41. The molecular formula is C12H23N5O. The third-order valence-electron chi connectivity index (χ3n) is 2.64. The molecule has 0 amide bonds. The molecule has 102 valence electrons. The molecule has 0 aliphatic heterocycles. The lowest BCUT2D eigenvalue weighted by Crippen LogP contribution is -2.42. The zero-order valence-corrected chi connectivity index (χ0v) is 11.4. The molecule has 1 rings (SSSR count). The summed E-state index contributed by atoms with van der Waals surface area (Å²) in [7, 11) is 0. The highest BCUT2D eigenvalue weighted by atomic mass is 16.1. The van der Waals surface area contributed by atoms with Crippen molar-refractivity contribution in [3.05, 3.63) is 22.7 Å². The molecule has 0 aliphatic rings. The van der Waals surface area contributed by atoms with Crippen LogP contribution in [-0.4, -0.2) is 35.7 Å². The first-order valence-electron chi connectivity index (χ1n) is 6.15. The van der Waals surface area contributed by atoms with Gasteiger partial charge in [0.2, 0.25) is 0 Å². The third-order valence-corrected chi connectivity index (χ3v) is 2.64. The lowest BCUT2D eigenvalue weighted by molar-refractivity contribution is 0.382. The van der Waals surface area contributed by atoms with Crippen molar-refractivity contribution in [1.29, 1.82) is 0 Å². The van der Waals surface area contributed by atoms with E-state index < -0.39 is 0 Å². The lowest BCUT2D eigenvalue weighted by atomic mass is 10.1. The summed E-state index contributed by atoms with van der Waals surface area (Å²) in [6, 6.07) is 0. The first kappa shape index (κ1) is 14.7. The minimum Gasteiger partial charge on any atom is -0.349 e. The van der Waals surface area contributed by atoms with Crippen LogP contribution in [0, 0.1) is 0 Å². The SMILES string of the molecule is CC(C)(C)n1ccnc(N(CCN)CCN)c1=O. The molecule has 4 N–H and O–H groups in total. The summed E-state index contributed by atoms with van der Waals surface area (Å²) in [6.45, 7) is 8.02. The van der Waals surface area contributed by atoms with E-state index >= 15 is 0 Å². The highest BCUT2D eigenvalue weighted by Gasteiger charge is 2.19. The Hall–Kier alpha value is -1.40. The van der Waals surface area contributed by atoms with E-state index in [0.29, 0.717) is 32.0 Å². The van der Waals surface area contributed by atoms with Crippen molar-refractivity contribution in [1.82, 2.24) is 9.55 Å². The van der Waals surface area contributed by atoms with E-state index in [-0.39, 0.29) is 11.1 Å². The summed E-state index contributed by atoms with van der Waals surface area (Å²) in [5.74, 6) is 0.420. The molecule has 0 bridgehead atoms. The van der Waals surface area contributed by atoms with Crippen LogP contribution in [0.4, 0.5) is 5.82 Å². The zero-order valence-electron chi connectivity index (χ0n) is 11.4. The van der Waals surface area contributed by atoms with E-state index in [9.17, 15) is 4.79 Å². The Morgan fingerprint density at radius 3 is 2.28 bits per heavy atom. The quantitative estimate of drug-likeness (QED) is 0.753. The van der Waals surface area contributed by atoms with E-state index in [1.807, 2.05) is 25.7 Å². The predicted octanol–water partition coefficient (Wildman–Crippen LogP) is -0.278. The van der Waals surface area contributed by atoms with Crippen molar-refractivity contribution >= 4 is 5.82 Å². The van der Waals surface area contributed by atoms with E-state index in [0.717, 1.165) is 0 Å². The lowest BCUT2D eigenvalue weighted by Gasteiger charge is -2.26. The van der Waals surface area contributed by atoms with Gasteiger partial charge in [-0.3, -0.25) is 4.79 Å². The van der Waals surface area contributed by atoms with Gasteiger partial charge in [0, 0.05) is 44.1 Å². The van der Waals surface area contributed by atoms with Crippen molar-refractivity contribution in [3.63, 3.8) is 0 Å². The molecule has 1 aromatic heterocycles. The van der Waals surface area contributed by atoms with Crippen LogP contribution in [0.2, 0.25) is 0 Å². The van der Waals surface area contributed by atoms with Crippen molar-refractivity contribution in [2.45, 2.75) is 26.3 Å². The van der Waals surface area contributed by atoms with Crippen molar-refractivity contribution in [2.75, 3.05) is 31.1 Å². The average Bonchev–Trinajstić information content (AvgIpc) is 2.27. The number of nitrogens with zero attached hydrogens (tertiary/aromatic N) is 3. The Bertz CT molecular complexity index is 429. The van der Waals surface area contributed by atoms with Crippen molar-refractivity contribution < 1.29 is 0 Å². The van der Waals surface area contributed by atoms with Gasteiger partial charge in [-0.25, -0.2) is 4.98 Å². The number of aromatic nitrogens is 2. The fraction of sp³-hybridized carbons (Fsp3) is 0.667. The summed E-state index contributed by atoms with van der Waals surface area (Å²) in [5.41, 5.74) is 10.7. The second kappa shape index (κ2) is 5.97. The Kier molecular flexibility index (Phi) is 4.86. The van der Waals surface area contributed by atoms with E-state index in [1.165, 1.54) is 0 Å². The largest absolute Gasteiger partial charge is 0.349 e. The summed E-state index contributed by atoms with van der Waals surface area (Å²) in [5, 5.41) is 0. The van der Waals surface area contributed by atoms with Gasteiger partial charge in [-0.15, -0.1) is 0 Å². The molecule has 6 heteroatoms. The Morgan fingerprint density at radius 2 is 1.83 bits per heavy atom. The van der Waals surface area contributed by atoms with Gasteiger partial charge in [0.05, 0.1) is 0 Å². The van der Waals surface area contributed by atoms with Gasteiger partial charge in [-0.1, -0.05) is 0 Å². The van der Waals surface area contributed by atoms with Gasteiger partial charge in [0.25, 0.3) is 5.56 Å². The molecule has 1 heterocycles. The van der Waals surface area contributed by atoms with Crippen LogP contribution in [0.3, 0.4) is 0 Å². The molecule has 0 aliphatic carbocycles. The summed E-state index contributed by atoms with van der Waals surface area (Å²) >= 11 is 0. The molecule has 0 spiro atoms. The molecule has 0 saturated carbocycles. The number of anilines is 1. The molecule has 0 aromatic carbocycles. The van der Waals surface area contributed by atoms with E-state index in [1.54, 1.807) is 17.0 Å². The maximum atomic E-state index is 12.4. The fourth-order valence-corrected chi connectivity index (χ4v) is 1.78. The van der Waals surface area contributed by atoms with Crippen LogP contribution >= 0.6 is 0 Å². The van der Waals surface area contributed by atoms with Gasteiger partial charge in [-0.05, 0) is 20.8 Å². The minimum absolute atomic E-state index is 0.105. The maximum absolute atomic E-state index is 12.4. The summed E-state index contributed by atoms with van der Waals surface area (Å²) in [6.07, 6.45) is 3.34. The van der Waals surface area contributed by atoms with E-state index in [4.69, 9.17) is 11.5 Å². The van der Waals surface area contributed by atoms with Crippen molar-refractivity contribution in [2.24, 2.45) is 11.5 Å². The first-order valence-corrected chi connectivity index (χ1v) is 6.15. The van der Waals surface area contributed by atoms with Crippen molar-refractivity contribution in [3.8, 4) is 0 Å². The van der Waals surface area contributed by atoms with Crippen LogP contribution < -0.4 is 21.9 Å². The number of rotatable bonds is 5. The van der Waals surface area contributed by atoms with Gasteiger partial charge >= 0.3 is 0 Å². The summed E-state index contributed by atoms with van der Waals surface area (Å²) in [4.78, 5) is 18.4. The second-order valence-corrected chi connectivity index (χ2v) is 5.16. The zero-order chi connectivity index (χ0) is 13.8. The van der Waals surface area contributed by atoms with Crippen LogP contribution in [0.5, 0.6) is 0 Å². The second-order valence-electron chi connectivity index (χ2n) is 5.16.